The summed E-state index contributed by atoms with van der Waals surface area (Å²) < 4.78 is 5.54. The highest BCUT2D eigenvalue weighted by molar-refractivity contribution is 5.48. The first kappa shape index (κ1) is 13.5. The van der Waals surface area contributed by atoms with Gasteiger partial charge in [-0.2, -0.15) is 0 Å². The number of benzene rings is 2. The summed E-state index contributed by atoms with van der Waals surface area (Å²) in [5, 5.41) is 3.13. The highest BCUT2D eigenvalue weighted by Crippen LogP contribution is 2.27. The van der Waals surface area contributed by atoms with Crippen LogP contribution in [0.2, 0.25) is 0 Å². The second-order valence-electron chi connectivity index (χ2n) is 4.90. The summed E-state index contributed by atoms with van der Waals surface area (Å²) >= 11 is 0. The number of ether oxygens (including phenoxy) is 1. The van der Waals surface area contributed by atoms with Crippen LogP contribution in [0.3, 0.4) is 0 Å². The van der Waals surface area contributed by atoms with Gasteiger partial charge >= 0.3 is 0 Å². The van der Waals surface area contributed by atoms with Gasteiger partial charge in [-0.15, -0.1) is 0 Å². The van der Waals surface area contributed by atoms with E-state index >= 15 is 0 Å². The molecule has 0 atom stereocenters. The molecular weight excluding hydrogens is 234 g/mol. The van der Waals surface area contributed by atoms with Crippen LogP contribution in [0.25, 0.3) is 0 Å². The number of anilines is 1. The Kier molecular flexibility index (Phi) is 4.10. The number of nitrogens with one attached hydrogen (secondary N) is 1. The largest absolute Gasteiger partial charge is 0.496 e. The van der Waals surface area contributed by atoms with Crippen molar-refractivity contribution in [3.63, 3.8) is 0 Å². The van der Waals surface area contributed by atoms with E-state index in [0.717, 1.165) is 17.9 Å². The fourth-order valence-corrected chi connectivity index (χ4v) is 2.47. The van der Waals surface area contributed by atoms with Gasteiger partial charge in [0, 0.05) is 19.2 Å². The SMILES string of the molecule is CNc1ccc(Cc2cc(C)cc(C)c2OC)cc1. The minimum Gasteiger partial charge on any atom is -0.496 e. The number of rotatable bonds is 4. The molecule has 100 valence electrons. The number of hydrogen-bond acceptors (Lipinski definition) is 2. The lowest BCUT2D eigenvalue weighted by Gasteiger charge is -2.13. The van der Waals surface area contributed by atoms with Crippen LogP contribution in [0.4, 0.5) is 5.69 Å². The lowest BCUT2D eigenvalue weighted by atomic mass is 9.99. The summed E-state index contributed by atoms with van der Waals surface area (Å²) in [5.41, 5.74) is 6.15. The van der Waals surface area contributed by atoms with Gasteiger partial charge in [-0.1, -0.05) is 29.8 Å². The van der Waals surface area contributed by atoms with Crippen LogP contribution >= 0.6 is 0 Å². The third-order valence-electron chi connectivity index (χ3n) is 3.34. The second kappa shape index (κ2) is 5.79. The topological polar surface area (TPSA) is 21.3 Å². The zero-order chi connectivity index (χ0) is 13.8. The predicted octanol–water partition coefficient (Wildman–Crippen LogP) is 3.94. The molecule has 0 aliphatic rings. The van der Waals surface area contributed by atoms with Gasteiger partial charge in [0.15, 0.2) is 0 Å². The van der Waals surface area contributed by atoms with E-state index in [2.05, 4.69) is 55.6 Å². The monoisotopic (exact) mass is 255 g/mol. The number of methoxy groups -OCH3 is 1. The van der Waals surface area contributed by atoms with E-state index in [1.807, 2.05) is 7.05 Å². The van der Waals surface area contributed by atoms with Gasteiger partial charge in [-0.3, -0.25) is 0 Å². The van der Waals surface area contributed by atoms with Gasteiger partial charge < -0.3 is 10.1 Å². The fraction of sp³-hybridized carbons (Fsp3) is 0.294. The summed E-state index contributed by atoms with van der Waals surface area (Å²) in [6.07, 6.45) is 0.898. The van der Waals surface area contributed by atoms with Crippen molar-refractivity contribution < 1.29 is 4.74 Å². The molecule has 0 saturated carbocycles. The minimum atomic E-state index is 0.898. The highest BCUT2D eigenvalue weighted by atomic mass is 16.5. The van der Waals surface area contributed by atoms with Gasteiger partial charge in [-0.05, 0) is 42.7 Å². The van der Waals surface area contributed by atoms with E-state index in [0.29, 0.717) is 0 Å². The zero-order valence-electron chi connectivity index (χ0n) is 12.1. The summed E-state index contributed by atoms with van der Waals surface area (Å²) in [5.74, 6) is 1.00. The van der Waals surface area contributed by atoms with E-state index < -0.39 is 0 Å². The molecule has 0 radical (unpaired) electrons. The smallest absolute Gasteiger partial charge is 0.125 e. The van der Waals surface area contributed by atoms with E-state index in [-0.39, 0.29) is 0 Å². The molecule has 0 aliphatic heterocycles. The van der Waals surface area contributed by atoms with Crippen molar-refractivity contribution in [3.8, 4) is 5.75 Å². The molecular formula is C17H21NO. The minimum absolute atomic E-state index is 0.898. The molecule has 2 aromatic carbocycles. The molecule has 0 heterocycles. The summed E-state index contributed by atoms with van der Waals surface area (Å²) in [7, 11) is 3.67. The Morgan fingerprint density at radius 2 is 1.74 bits per heavy atom. The first-order chi connectivity index (χ1) is 9.13. The van der Waals surface area contributed by atoms with E-state index in [1.165, 1.54) is 22.3 Å². The average Bonchev–Trinajstić information content (AvgIpc) is 2.39. The Morgan fingerprint density at radius 1 is 1.05 bits per heavy atom. The molecule has 0 saturated heterocycles. The standard InChI is InChI=1S/C17H21NO/c1-12-9-13(2)17(19-4)15(10-12)11-14-5-7-16(18-3)8-6-14/h5-10,18H,11H2,1-4H3. The van der Waals surface area contributed by atoms with E-state index in [9.17, 15) is 0 Å². The van der Waals surface area contributed by atoms with Crippen molar-refractivity contribution in [2.45, 2.75) is 20.3 Å². The van der Waals surface area contributed by atoms with Crippen molar-refractivity contribution in [3.05, 3.63) is 58.7 Å². The predicted molar refractivity (Wildman–Crippen MR) is 81.3 cm³/mol. The maximum atomic E-state index is 5.54. The lowest BCUT2D eigenvalue weighted by Crippen LogP contribution is -1.98. The Bertz CT molecular complexity index is 558. The number of aryl methyl sites for hydroxylation is 2. The molecule has 0 unspecified atom stereocenters. The third-order valence-corrected chi connectivity index (χ3v) is 3.34. The van der Waals surface area contributed by atoms with Crippen LogP contribution in [0.5, 0.6) is 5.75 Å². The molecule has 0 amide bonds. The molecule has 19 heavy (non-hydrogen) atoms. The summed E-state index contributed by atoms with van der Waals surface area (Å²) in [6, 6.07) is 12.9. The molecule has 2 heteroatoms. The molecule has 0 bridgehead atoms. The number of hydrogen-bond donors (Lipinski definition) is 1. The van der Waals surface area contributed by atoms with Gasteiger partial charge in [0.2, 0.25) is 0 Å². The Morgan fingerprint density at radius 3 is 2.32 bits per heavy atom. The molecule has 0 aliphatic carbocycles. The maximum absolute atomic E-state index is 5.54. The van der Waals surface area contributed by atoms with Crippen LogP contribution < -0.4 is 10.1 Å². The van der Waals surface area contributed by atoms with Crippen LogP contribution in [0, 0.1) is 13.8 Å². The zero-order valence-corrected chi connectivity index (χ0v) is 12.1. The van der Waals surface area contributed by atoms with Crippen molar-refractivity contribution in [1.82, 2.24) is 0 Å². The summed E-state index contributed by atoms with van der Waals surface area (Å²) in [6.45, 7) is 4.22. The Labute approximate surface area is 115 Å². The molecule has 0 fully saturated rings. The van der Waals surface area contributed by atoms with Crippen molar-refractivity contribution in [2.24, 2.45) is 0 Å². The van der Waals surface area contributed by atoms with Crippen LogP contribution in [0.1, 0.15) is 22.3 Å². The quantitative estimate of drug-likeness (QED) is 0.893. The molecule has 0 aromatic heterocycles. The maximum Gasteiger partial charge on any atom is 0.125 e. The third kappa shape index (κ3) is 3.08. The molecule has 0 spiro atoms. The molecule has 1 N–H and O–H groups in total. The van der Waals surface area contributed by atoms with Crippen molar-refractivity contribution in [2.75, 3.05) is 19.5 Å². The highest BCUT2D eigenvalue weighted by Gasteiger charge is 2.08. The van der Waals surface area contributed by atoms with Gasteiger partial charge in [0.05, 0.1) is 7.11 Å². The average molecular weight is 255 g/mol. The van der Waals surface area contributed by atoms with Gasteiger partial charge in [-0.25, -0.2) is 0 Å². The molecule has 2 nitrogen and oxygen atoms in total. The Hall–Kier alpha value is -1.96. The van der Waals surface area contributed by atoms with Gasteiger partial charge in [0.25, 0.3) is 0 Å². The van der Waals surface area contributed by atoms with E-state index in [1.54, 1.807) is 7.11 Å². The Balaban J connectivity index is 2.31. The summed E-state index contributed by atoms with van der Waals surface area (Å²) in [4.78, 5) is 0. The molecule has 2 aromatic rings. The van der Waals surface area contributed by atoms with Gasteiger partial charge in [0.1, 0.15) is 5.75 Å². The van der Waals surface area contributed by atoms with Crippen molar-refractivity contribution in [1.29, 1.82) is 0 Å². The molecule has 2 rings (SSSR count). The lowest BCUT2D eigenvalue weighted by molar-refractivity contribution is 0.407. The first-order valence-electron chi connectivity index (χ1n) is 6.55. The normalized spacial score (nSPS) is 10.3. The van der Waals surface area contributed by atoms with Crippen LogP contribution in [0.15, 0.2) is 36.4 Å². The first-order valence-corrected chi connectivity index (χ1v) is 6.55. The van der Waals surface area contributed by atoms with Crippen LogP contribution in [-0.4, -0.2) is 14.2 Å². The fourth-order valence-electron chi connectivity index (χ4n) is 2.47. The second-order valence-corrected chi connectivity index (χ2v) is 4.90. The van der Waals surface area contributed by atoms with E-state index in [4.69, 9.17) is 4.74 Å². The van der Waals surface area contributed by atoms with Crippen LogP contribution in [-0.2, 0) is 6.42 Å². The van der Waals surface area contributed by atoms with Crippen molar-refractivity contribution >= 4 is 5.69 Å².